The summed E-state index contributed by atoms with van der Waals surface area (Å²) in [6.07, 6.45) is 0. The maximum absolute atomic E-state index is 10.8. The van der Waals surface area contributed by atoms with Crippen molar-refractivity contribution >= 4 is 11.4 Å². The van der Waals surface area contributed by atoms with Gasteiger partial charge in [0.05, 0.1) is 11.5 Å². The summed E-state index contributed by atoms with van der Waals surface area (Å²) in [5, 5.41) is 23.2. The van der Waals surface area contributed by atoms with Gasteiger partial charge in [-0.2, -0.15) is 0 Å². The second-order valence-electron chi connectivity index (χ2n) is 4.54. The first-order chi connectivity index (χ1) is 9.61. The van der Waals surface area contributed by atoms with Crippen LogP contribution in [0.5, 0.6) is 0 Å². The summed E-state index contributed by atoms with van der Waals surface area (Å²) < 4.78 is 0. The Kier molecular flexibility index (Phi) is 4.32. The number of nitrogens with zero attached hydrogens (tertiary/aromatic N) is 1. The van der Waals surface area contributed by atoms with Gasteiger partial charge in [-0.3, -0.25) is 10.1 Å². The van der Waals surface area contributed by atoms with Gasteiger partial charge in [0.1, 0.15) is 0 Å². The summed E-state index contributed by atoms with van der Waals surface area (Å²) in [5.41, 5.74) is 3.44. The summed E-state index contributed by atoms with van der Waals surface area (Å²) in [6.45, 7) is 2.27. The first kappa shape index (κ1) is 14.0. The van der Waals surface area contributed by atoms with E-state index in [-0.39, 0.29) is 17.2 Å². The number of hydrogen-bond donors (Lipinski definition) is 2. The number of nitro groups is 1. The number of nitrogens with one attached hydrogen (secondary N) is 1. The van der Waals surface area contributed by atoms with E-state index in [4.69, 9.17) is 0 Å². The first-order valence-corrected chi connectivity index (χ1v) is 6.28. The quantitative estimate of drug-likeness (QED) is 0.648. The monoisotopic (exact) mass is 272 g/mol. The van der Waals surface area contributed by atoms with Crippen molar-refractivity contribution in [2.45, 2.75) is 20.1 Å². The van der Waals surface area contributed by atoms with Crippen molar-refractivity contribution in [3.05, 3.63) is 69.3 Å². The highest BCUT2D eigenvalue weighted by Gasteiger charge is 2.10. The lowest BCUT2D eigenvalue weighted by atomic mass is 10.1. The minimum atomic E-state index is -0.389. The minimum Gasteiger partial charge on any atom is -0.392 e. The molecule has 0 unspecified atom stereocenters. The van der Waals surface area contributed by atoms with Crippen molar-refractivity contribution in [3.8, 4) is 0 Å². The van der Waals surface area contributed by atoms with E-state index in [9.17, 15) is 15.2 Å². The van der Waals surface area contributed by atoms with Gasteiger partial charge in [0, 0.05) is 23.9 Å². The maximum atomic E-state index is 10.8. The van der Waals surface area contributed by atoms with E-state index >= 15 is 0 Å². The molecule has 5 heteroatoms. The van der Waals surface area contributed by atoms with Crippen LogP contribution in [0, 0.1) is 17.0 Å². The van der Waals surface area contributed by atoms with Gasteiger partial charge in [0.15, 0.2) is 0 Å². The van der Waals surface area contributed by atoms with Gasteiger partial charge in [0.2, 0.25) is 0 Å². The Morgan fingerprint density at radius 2 is 1.90 bits per heavy atom. The van der Waals surface area contributed by atoms with Crippen molar-refractivity contribution in [3.63, 3.8) is 0 Å². The fourth-order valence-electron chi connectivity index (χ4n) is 2.05. The molecule has 0 bridgehead atoms. The van der Waals surface area contributed by atoms with Crippen LogP contribution >= 0.6 is 0 Å². The van der Waals surface area contributed by atoms with Gasteiger partial charge in [-0.15, -0.1) is 0 Å². The molecule has 2 aromatic carbocycles. The maximum Gasteiger partial charge on any atom is 0.272 e. The molecule has 0 radical (unpaired) electrons. The van der Waals surface area contributed by atoms with E-state index in [2.05, 4.69) is 5.32 Å². The van der Waals surface area contributed by atoms with Crippen LogP contribution in [0.15, 0.2) is 42.5 Å². The van der Waals surface area contributed by atoms with Crippen molar-refractivity contribution in [1.29, 1.82) is 0 Å². The van der Waals surface area contributed by atoms with E-state index in [1.54, 1.807) is 19.1 Å². The highest BCUT2D eigenvalue weighted by Crippen LogP contribution is 2.22. The minimum absolute atomic E-state index is 0.00283. The first-order valence-electron chi connectivity index (χ1n) is 6.28. The predicted octanol–water partition coefficient (Wildman–Crippen LogP) is 3.01. The van der Waals surface area contributed by atoms with Gasteiger partial charge < -0.3 is 10.4 Å². The third kappa shape index (κ3) is 3.13. The normalized spacial score (nSPS) is 10.3. The lowest BCUT2D eigenvalue weighted by molar-refractivity contribution is -0.385. The fraction of sp³-hybridized carbons (Fsp3) is 0.200. The van der Waals surface area contributed by atoms with Crippen LogP contribution in [0.25, 0.3) is 0 Å². The number of nitro benzene ring substituents is 1. The molecule has 2 rings (SSSR count). The Balaban J connectivity index is 2.11. The molecule has 0 atom stereocenters. The van der Waals surface area contributed by atoms with Gasteiger partial charge in [-0.25, -0.2) is 0 Å². The topological polar surface area (TPSA) is 75.4 Å². The largest absolute Gasteiger partial charge is 0.392 e. The average molecular weight is 272 g/mol. The van der Waals surface area contributed by atoms with E-state index < -0.39 is 0 Å². The van der Waals surface area contributed by atoms with Crippen LogP contribution in [0.4, 0.5) is 11.4 Å². The number of rotatable bonds is 5. The summed E-state index contributed by atoms with van der Waals surface area (Å²) in [5.74, 6) is 0. The van der Waals surface area contributed by atoms with Crippen molar-refractivity contribution in [2.24, 2.45) is 0 Å². The Morgan fingerprint density at radius 1 is 1.20 bits per heavy atom. The van der Waals surface area contributed by atoms with Crippen molar-refractivity contribution in [1.82, 2.24) is 0 Å². The zero-order valence-electron chi connectivity index (χ0n) is 11.2. The summed E-state index contributed by atoms with van der Waals surface area (Å²) in [7, 11) is 0. The number of aliphatic hydroxyl groups excluding tert-OH is 1. The Labute approximate surface area is 117 Å². The molecule has 0 amide bonds. The van der Waals surface area contributed by atoms with Gasteiger partial charge in [0.25, 0.3) is 5.69 Å². The van der Waals surface area contributed by atoms with Crippen LogP contribution in [0.2, 0.25) is 0 Å². The lowest BCUT2D eigenvalue weighted by Gasteiger charge is -2.10. The van der Waals surface area contributed by atoms with Gasteiger partial charge in [-0.1, -0.05) is 24.3 Å². The van der Waals surface area contributed by atoms with Crippen LogP contribution in [0.3, 0.4) is 0 Å². The van der Waals surface area contributed by atoms with Crippen LogP contribution in [0.1, 0.15) is 16.7 Å². The summed E-state index contributed by atoms with van der Waals surface area (Å²) >= 11 is 0. The molecule has 0 fully saturated rings. The molecule has 20 heavy (non-hydrogen) atoms. The lowest BCUT2D eigenvalue weighted by Crippen LogP contribution is -2.03. The van der Waals surface area contributed by atoms with Crippen molar-refractivity contribution in [2.75, 3.05) is 5.32 Å². The predicted molar refractivity (Wildman–Crippen MR) is 77.5 cm³/mol. The zero-order valence-corrected chi connectivity index (χ0v) is 11.2. The molecular weight excluding hydrogens is 256 g/mol. The molecule has 2 aromatic rings. The molecule has 104 valence electrons. The van der Waals surface area contributed by atoms with Gasteiger partial charge in [-0.05, 0) is 30.2 Å². The van der Waals surface area contributed by atoms with E-state index in [1.807, 2.05) is 24.3 Å². The summed E-state index contributed by atoms with van der Waals surface area (Å²) in [4.78, 5) is 10.4. The van der Waals surface area contributed by atoms with E-state index in [0.29, 0.717) is 12.1 Å². The third-order valence-electron chi connectivity index (χ3n) is 3.17. The number of aryl methyl sites for hydroxylation is 1. The number of hydrogen-bond acceptors (Lipinski definition) is 4. The molecule has 0 aliphatic rings. The molecule has 0 aliphatic heterocycles. The Hall–Kier alpha value is -2.40. The standard InChI is InChI=1S/C15H16N2O3/c1-11-8-14(6-7-15(11)17(19)20)16-9-12-4-2-3-5-13(12)10-18/h2-8,16,18H,9-10H2,1H3. The molecule has 2 N–H and O–H groups in total. The van der Waals surface area contributed by atoms with E-state index in [0.717, 1.165) is 16.8 Å². The van der Waals surface area contributed by atoms with E-state index in [1.165, 1.54) is 6.07 Å². The second-order valence-corrected chi connectivity index (χ2v) is 4.54. The summed E-state index contributed by atoms with van der Waals surface area (Å²) in [6, 6.07) is 12.5. The fourth-order valence-corrected chi connectivity index (χ4v) is 2.05. The SMILES string of the molecule is Cc1cc(NCc2ccccc2CO)ccc1[N+](=O)[O-]. The molecule has 0 saturated carbocycles. The Morgan fingerprint density at radius 3 is 2.50 bits per heavy atom. The molecule has 0 saturated heterocycles. The number of benzene rings is 2. The molecular formula is C15H16N2O3. The van der Waals surface area contributed by atoms with Gasteiger partial charge >= 0.3 is 0 Å². The third-order valence-corrected chi connectivity index (χ3v) is 3.17. The van der Waals surface area contributed by atoms with Crippen LogP contribution < -0.4 is 5.32 Å². The molecule has 0 aromatic heterocycles. The molecule has 0 aliphatic carbocycles. The highest BCUT2D eigenvalue weighted by atomic mass is 16.6. The number of aliphatic hydroxyl groups is 1. The van der Waals surface area contributed by atoms with Crippen LogP contribution in [-0.2, 0) is 13.2 Å². The highest BCUT2D eigenvalue weighted by molar-refractivity contribution is 5.53. The second kappa shape index (κ2) is 6.16. The molecule has 5 nitrogen and oxygen atoms in total. The average Bonchev–Trinajstić information content (AvgIpc) is 2.45. The smallest absolute Gasteiger partial charge is 0.272 e. The zero-order chi connectivity index (χ0) is 14.5. The van der Waals surface area contributed by atoms with Crippen LogP contribution in [-0.4, -0.2) is 10.0 Å². The Bertz CT molecular complexity index is 626. The molecule has 0 heterocycles. The molecule has 0 spiro atoms. The number of anilines is 1. The van der Waals surface area contributed by atoms with Crippen molar-refractivity contribution < 1.29 is 10.0 Å².